The van der Waals surface area contributed by atoms with Crippen molar-refractivity contribution in [1.82, 2.24) is 10.2 Å². The summed E-state index contributed by atoms with van der Waals surface area (Å²) in [6.07, 6.45) is 6.09. The molecule has 1 amide bonds. The van der Waals surface area contributed by atoms with E-state index in [9.17, 15) is 4.79 Å². The summed E-state index contributed by atoms with van der Waals surface area (Å²) in [6, 6.07) is 0.0808. The Morgan fingerprint density at radius 3 is 2.75 bits per heavy atom. The molecule has 1 saturated heterocycles. The van der Waals surface area contributed by atoms with Crippen molar-refractivity contribution in [3.63, 3.8) is 0 Å². The Morgan fingerprint density at radius 1 is 1.50 bits per heavy atom. The Kier molecular flexibility index (Phi) is 3.24. The molecule has 3 heteroatoms. The molecule has 92 valence electrons. The molecule has 1 heterocycles. The zero-order chi connectivity index (χ0) is 11.8. The third kappa shape index (κ3) is 2.40. The third-order valence-electron chi connectivity index (χ3n) is 3.99. The van der Waals surface area contributed by atoms with Crippen molar-refractivity contribution in [2.75, 3.05) is 6.54 Å². The summed E-state index contributed by atoms with van der Waals surface area (Å²) in [5.74, 6) is 0.328. The van der Waals surface area contributed by atoms with E-state index in [2.05, 4.69) is 26.1 Å². The molecule has 16 heavy (non-hydrogen) atoms. The number of nitrogens with zero attached hydrogens (tertiary/aromatic N) is 1. The van der Waals surface area contributed by atoms with E-state index in [1.807, 2.05) is 4.90 Å². The van der Waals surface area contributed by atoms with Crippen molar-refractivity contribution < 1.29 is 4.79 Å². The van der Waals surface area contributed by atoms with Crippen LogP contribution >= 0.6 is 0 Å². The Balaban J connectivity index is 1.91. The van der Waals surface area contributed by atoms with Gasteiger partial charge in [-0.1, -0.05) is 26.7 Å². The molecule has 1 N–H and O–H groups in total. The van der Waals surface area contributed by atoms with Crippen LogP contribution in [0, 0.1) is 5.41 Å². The Hall–Kier alpha value is -0.570. The van der Waals surface area contributed by atoms with Gasteiger partial charge in [0.2, 0.25) is 5.91 Å². The molecule has 2 unspecified atom stereocenters. The Morgan fingerprint density at radius 2 is 2.19 bits per heavy atom. The van der Waals surface area contributed by atoms with Gasteiger partial charge in [-0.2, -0.15) is 0 Å². The summed E-state index contributed by atoms with van der Waals surface area (Å²) < 4.78 is 0. The molecule has 1 aliphatic heterocycles. The number of hydrogen-bond donors (Lipinski definition) is 1. The van der Waals surface area contributed by atoms with Gasteiger partial charge in [0.25, 0.3) is 0 Å². The van der Waals surface area contributed by atoms with Crippen molar-refractivity contribution in [2.24, 2.45) is 5.41 Å². The van der Waals surface area contributed by atoms with Crippen molar-refractivity contribution in [1.29, 1.82) is 0 Å². The molecule has 1 saturated carbocycles. The second kappa shape index (κ2) is 4.36. The first-order valence-corrected chi connectivity index (χ1v) is 6.62. The predicted octanol–water partition coefficient (Wildman–Crippen LogP) is 2.12. The van der Waals surface area contributed by atoms with Gasteiger partial charge in [-0.15, -0.1) is 0 Å². The molecule has 2 aliphatic rings. The van der Waals surface area contributed by atoms with E-state index in [1.54, 1.807) is 0 Å². The quantitative estimate of drug-likeness (QED) is 0.776. The highest BCUT2D eigenvalue weighted by Gasteiger charge is 2.44. The van der Waals surface area contributed by atoms with E-state index >= 15 is 0 Å². The van der Waals surface area contributed by atoms with Crippen molar-refractivity contribution in [3.8, 4) is 0 Å². The monoisotopic (exact) mass is 224 g/mol. The van der Waals surface area contributed by atoms with Crippen molar-refractivity contribution in [3.05, 3.63) is 0 Å². The molecule has 0 spiro atoms. The molecule has 2 rings (SSSR count). The van der Waals surface area contributed by atoms with Crippen LogP contribution in [0.2, 0.25) is 0 Å². The standard InChI is InChI=1S/C13H24N2O/c1-4-5-6-11-12(16)15(10(2)14-11)9-13(3)7-8-13/h10-11,14H,4-9H2,1-3H3. The van der Waals surface area contributed by atoms with E-state index in [-0.39, 0.29) is 12.2 Å². The predicted molar refractivity (Wildman–Crippen MR) is 65.0 cm³/mol. The number of rotatable bonds is 5. The van der Waals surface area contributed by atoms with E-state index in [1.165, 1.54) is 12.8 Å². The molecule has 0 bridgehead atoms. The lowest BCUT2D eigenvalue weighted by Gasteiger charge is -2.24. The first kappa shape index (κ1) is 11.9. The minimum atomic E-state index is 0.0808. The highest BCUT2D eigenvalue weighted by Crippen LogP contribution is 2.46. The van der Waals surface area contributed by atoms with E-state index in [0.29, 0.717) is 11.3 Å². The summed E-state index contributed by atoms with van der Waals surface area (Å²) in [5, 5.41) is 3.42. The van der Waals surface area contributed by atoms with Gasteiger partial charge in [-0.25, -0.2) is 0 Å². The highest BCUT2D eigenvalue weighted by atomic mass is 16.2. The van der Waals surface area contributed by atoms with Crippen molar-refractivity contribution >= 4 is 5.91 Å². The largest absolute Gasteiger partial charge is 0.326 e. The van der Waals surface area contributed by atoms with Crippen LogP contribution in [0.4, 0.5) is 0 Å². The summed E-state index contributed by atoms with van der Waals surface area (Å²) >= 11 is 0. The van der Waals surface area contributed by atoms with Crippen LogP contribution in [-0.4, -0.2) is 29.6 Å². The number of unbranched alkanes of at least 4 members (excludes halogenated alkanes) is 1. The van der Waals surface area contributed by atoms with Crippen LogP contribution in [-0.2, 0) is 4.79 Å². The first-order valence-electron chi connectivity index (χ1n) is 6.62. The maximum absolute atomic E-state index is 12.2. The average molecular weight is 224 g/mol. The number of nitrogens with one attached hydrogen (secondary N) is 1. The number of hydrogen-bond acceptors (Lipinski definition) is 2. The van der Waals surface area contributed by atoms with E-state index < -0.39 is 0 Å². The van der Waals surface area contributed by atoms with Gasteiger partial charge in [0.05, 0.1) is 12.2 Å². The molecular weight excluding hydrogens is 200 g/mol. The third-order valence-corrected chi connectivity index (χ3v) is 3.99. The number of carbonyl (C=O) groups is 1. The molecule has 1 aliphatic carbocycles. The van der Waals surface area contributed by atoms with Crippen LogP contribution in [0.15, 0.2) is 0 Å². The summed E-state index contributed by atoms with van der Waals surface area (Å²) in [7, 11) is 0. The van der Waals surface area contributed by atoms with Gasteiger partial charge in [0.1, 0.15) is 0 Å². The lowest BCUT2D eigenvalue weighted by Crippen LogP contribution is -2.38. The maximum Gasteiger partial charge on any atom is 0.241 e. The maximum atomic E-state index is 12.2. The van der Waals surface area contributed by atoms with Crippen LogP contribution in [0.5, 0.6) is 0 Å². The normalized spacial score (nSPS) is 32.2. The molecule has 0 radical (unpaired) electrons. The fourth-order valence-corrected chi connectivity index (χ4v) is 2.46. The topological polar surface area (TPSA) is 32.3 Å². The Bertz CT molecular complexity index is 273. The molecule has 0 aromatic rings. The second-order valence-electron chi connectivity index (χ2n) is 5.81. The highest BCUT2D eigenvalue weighted by molar-refractivity contribution is 5.84. The molecule has 2 fully saturated rings. The summed E-state index contributed by atoms with van der Waals surface area (Å²) in [5.41, 5.74) is 0.422. The fourth-order valence-electron chi connectivity index (χ4n) is 2.46. The van der Waals surface area contributed by atoms with Gasteiger partial charge < -0.3 is 4.90 Å². The average Bonchev–Trinajstić information content (AvgIpc) is 2.92. The smallest absolute Gasteiger partial charge is 0.241 e. The lowest BCUT2D eigenvalue weighted by atomic mass is 10.1. The zero-order valence-corrected chi connectivity index (χ0v) is 10.8. The van der Waals surface area contributed by atoms with Gasteiger partial charge >= 0.3 is 0 Å². The van der Waals surface area contributed by atoms with Crippen LogP contribution < -0.4 is 5.32 Å². The van der Waals surface area contributed by atoms with E-state index in [0.717, 1.165) is 25.8 Å². The van der Waals surface area contributed by atoms with Crippen LogP contribution in [0.3, 0.4) is 0 Å². The minimum absolute atomic E-state index is 0.0808. The molecule has 2 atom stereocenters. The summed E-state index contributed by atoms with van der Waals surface area (Å²) in [4.78, 5) is 14.2. The number of amides is 1. The Labute approximate surface area is 98.6 Å². The molecular formula is C13H24N2O. The van der Waals surface area contributed by atoms with Crippen LogP contribution in [0.1, 0.15) is 52.9 Å². The molecule has 0 aromatic carbocycles. The number of carbonyl (C=O) groups excluding carboxylic acids is 1. The second-order valence-corrected chi connectivity index (χ2v) is 5.81. The first-order chi connectivity index (χ1) is 7.56. The fraction of sp³-hybridized carbons (Fsp3) is 0.923. The van der Waals surface area contributed by atoms with Crippen molar-refractivity contribution in [2.45, 2.75) is 65.1 Å². The molecule has 3 nitrogen and oxygen atoms in total. The van der Waals surface area contributed by atoms with E-state index in [4.69, 9.17) is 0 Å². The van der Waals surface area contributed by atoms with Gasteiger partial charge in [0.15, 0.2) is 0 Å². The van der Waals surface area contributed by atoms with Gasteiger partial charge in [0, 0.05) is 6.54 Å². The van der Waals surface area contributed by atoms with Gasteiger partial charge in [-0.3, -0.25) is 10.1 Å². The summed E-state index contributed by atoms with van der Waals surface area (Å²) in [6.45, 7) is 7.51. The zero-order valence-electron chi connectivity index (χ0n) is 10.8. The molecule has 0 aromatic heterocycles. The SMILES string of the molecule is CCCCC1NC(C)N(CC2(C)CC2)C1=O. The lowest BCUT2D eigenvalue weighted by molar-refractivity contribution is -0.130. The van der Waals surface area contributed by atoms with Crippen LogP contribution in [0.25, 0.3) is 0 Å². The van der Waals surface area contributed by atoms with Gasteiger partial charge in [-0.05, 0) is 31.6 Å². The minimum Gasteiger partial charge on any atom is -0.326 e.